The number of anilines is 3. The predicted octanol–water partition coefficient (Wildman–Crippen LogP) is 17.8. The minimum absolute atomic E-state index is 0.0939. The van der Waals surface area contributed by atoms with E-state index in [-0.39, 0.29) is 5.41 Å². The summed E-state index contributed by atoms with van der Waals surface area (Å²) in [7, 11) is 0. The number of hydrogen-bond acceptors (Lipinski definition) is 2. The maximum atomic E-state index is 4.84. The Hall–Kier alpha value is -8.79. The van der Waals surface area contributed by atoms with Crippen molar-refractivity contribution in [2.45, 2.75) is 19.3 Å². The average Bonchev–Trinajstić information content (AvgIpc) is 3.86. The van der Waals surface area contributed by atoms with Crippen LogP contribution >= 0.6 is 0 Å². The standard InChI is InChI=1S/C66H47N3/c1-66(2)60-29-14-11-27-56(60)59-41-52(33-35-61(59)66)68(65-43-67-42-49-22-9-10-26-55(49)65)62-30-15-12-25-54(62)48-24-17-23-46(36-48)47-32-34-58-57-28-13-16-31-63(57)69(64(58)40-47)53-38-50(44-18-5-3-6-19-44)37-51(39-53)45-20-7-4-8-21-45/h3-43H,1-2H3. The molecular weight excluding hydrogens is 835 g/mol. The third kappa shape index (κ3) is 6.77. The van der Waals surface area contributed by atoms with E-state index in [1.165, 1.54) is 66.3 Å². The summed E-state index contributed by atoms with van der Waals surface area (Å²) in [6.07, 6.45) is 3.99. The van der Waals surface area contributed by atoms with Crippen LogP contribution < -0.4 is 4.90 Å². The summed E-state index contributed by atoms with van der Waals surface area (Å²) in [5.41, 5.74) is 21.2. The third-order valence-electron chi connectivity index (χ3n) is 14.4. The number of rotatable bonds is 8. The van der Waals surface area contributed by atoms with Gasteiger partial charge in [-0.2, -0.15) is 0 Å². The first-order valence-corrected chi connectivity index (χ1v) is 23.8. The monoisotopic (exact) mass is 881 g/mol. The van der Waals surface area contributed by atoms with Crippen molar-refractivity contribution < 1.29 is 0 Å². The van der Waals surface area contributed by atoms with Gasteiger partial charge in [0.1, 0.15) is 0 Å². The maximum Gasteiger partial charge on any atom is 0.0723 e. The lowest BCUT2D eigenvalue weighted by atomic mass is 9.82. The van der Waals surface area contributed by atoms with E-state index in [1.807, 2.05) is 12.4 Å². The van der Waals surface area contributed by atoms with Crippen molar-refractivity contribution in [2.24, 2.45) is 0 Å². The number of hydrogen-bond donors (Lipinski definition) is 0. The molecule has 10 aromatic carbocycles. The van der Waals surface area contributed by atoms with Gasteiger partial charge in [0.25, 0.3) is 0 Å². The van der Waals surface area contributed by atoms with Crippen LogP contribution in [0.4, 0.5) is 17.1 Å². The minimum atomic E-state index is -0.0939. The average molecular weight is 882 g/mol. The van der Waals surface area contributed by atoms with Gasteiger partial charge in [0, 0.05) is 50.1 Å². The van der Waals surface area contributed by atoms with Crippen LogP contribution in [0.3, 0.4) is 0 Å². The molecule has 0 saturated heterocycles. The first-order valence-electron chi connectivity index (χ1n) is 23.8. The fourth-order valence-electron chi connectivity index (χ4n) is 11.1. The second kappa shape index (κ2) is 16.2. The molecule has 0 radical (unpaired) electrons. The quantitative estimate of drug-likeness (QED) is 0.152. The number of fused-ring (bicyclic) bond motifs is 7. The molecule has 3 nitrogen and oxygen atoms in total. The Morgan fingerprint density at radius 1 is 0.362 bits per heavy atom. The molecule has 3 heteroatoms. The smallest absolute Gasteiger partial charge is 0.0723 e. The van der Waals surface area contributed by atoms with E-state index < -0.39 is 0 Å². The number of nitrogens with zero attached hydrogens (tertiary/aromatic N) is 3. The number of benzene rings is 10. The highest BCUT2D eigenvalue weighted by Crippen LogP contribution is 2.52. The van der Waals surface area contributed by atoms with Gasteiger partial charge in [-0.1, -0.05) is 196 Å². The van der Waals surface area contributed by atoms with Crippen LogP contribution in [0.25, 0.3) is 93.9 Å². The summed E-state index contributed by atoms with van der Waals surface area (Å²) in [4.78, 5) is 7.26. The second-order valence-electron chi connectivity index (χ2n) is 18.8. The topological polar surface area (TPSA) is 21.1 Å². The van der Waals surface area contributed by atoms with Crippen LogP contribution in [0, 0.1) is 0 Å². The zero-order valence-corrected chi connectivity index (χ0v) is 38.5. The van der Waals surface area contributed by atoms with Crippen LogP contribution in [0.5, 0.6) is 0 Å². The molecule has 0 aliphatic heterocycles. The van der Waals surface area contributed by atoms with Crippen LogP contribution in [-0.2, 0) is 5.41 Å². The van der Waals surface area contributed by atoms with Crippen molar-refractivity contribution in [3.05, 3.63) is 260 Å². The minimum Gasteiger partial charge on any atom is -0.309 e. The van der Waals surface area contributed by atoms with E-state index in [1.54, 1.807) is 0 Å². The van der Waals surface area contributed by atoms with E-state index in [2.05, 4.69) is 260 Å². The third-order valence-corrected chi connectivity index (χ3v) is 14.4. The molecule has 326 valence electrons. The fraction of sp³-hybridized carbons (Fsp3) is 0.0455. The van der Waals surface area contributed by atoms with E-state index in [0.717, 1.165) is 55.8 Å². The van der Waals surface area contributed by atoms with Crippen LogP contribution in [0.1, 0.15) is 25.0 Å². The second-order valence-corrected chi connectivity index (χ2v) is 18.8. The number of pyridine rings is 1. The number of para-hydroxylation sites is 2. The van der Waals surface area contributed by atoms with Gasteiger partial charge < -0.3 is 9.47 Å². The van der Waals surface area contributed by atoms with Gasteiger partial charge in [-0.05, 0) is 116 Å². The fourth-order valence-corrected chi connectivity index (χ4v) is 11.1. The van der Waals surface area contributed by atoms with Crippen molar-refractivity contribution >= 4 is 49.6 Å². The van der Waals surface area contributed by atoms with Crippen LogP contribution in [0.2, 0.25) is 0 Å². The molecule has 2 heterocycles. The van der Waals surface area contributed by atoms with Crippen molar-refractivity contribution in [1.29, 1.82) is 0 Å². The Bertz CT molecular complexity index is 3870. The van der Waals surface area contributed by atoms with Crippen molar-refractivity contribution in [2.75, 3.05) is 4.90 Å². The molecule has 0 N–H and O–H groups in total. The van der Waals surface area contributed by atoms with E-state index >= 15 is 0 Å². The van der Waals surface area contributed by atoms with Crippen molar-refractivity contribution in [3.8, 4) is 61.3 Å². The SMILES string of the molecule is CC1(C)c2ccccc2-c2cc(N(c3ccccc3-c3cccc(-c4ccc5c6ccccc6n(-c6cc(-c7ccccc7)cc(-c7ccccc7)c6)c5c4)c3)c3cncc4ccccc34)ccc21. The molecule has 1 aliphatic rings. The van der Waals surface area contributed by atoms with Gasteiger partial charge in [0.05, 0.1) is 28.6 Å². The summed E-state index contributed by atoms with van der Waals surface area (Å²) < 4.78 is 2.46. The molecule has 0 amide bonds. The molecule has 0 fully saturated rings. The molecule has 13 rings (SSSR count). The molecule has 0 spiro atoms. The predicted molar refractivity (Wildman–Crippen MR) is 290 cm³/mol. The first-order chi connectivity index (χ1) is 34.0. The van der Waals surface area contributed by atoms with Gasteiger partial charge >= 0.3 is 0 Å². The lowest BCUT2D eigenvalue weighted by molar-refractivity contribution is 0.660. The van der Waals surface area contributed by atoms with Gasteiger partial charge in [-0.15, -0.1) is 0 Å². The summed E-state index contributed by atoms with van der Waals surface area (Å²) >= 11 is 0. The maximum absolute atomic E-state index is 4.84. The van der Waals surface area contributed by atoms with Crippen molar-refractivity contribution in [3.63, 3.8) is 0 Å². The zero-order chi connectivity index (χ0) is 46.1. The lowest BCUT2D eigenvalue weighted by Gasteiger charge is -2.29. The molecule has 0 saturated carbocycles. The Balaban J connectivity index is 0.973. The Morgan fingerprint density at radius 2 is 0.957 bits per heavy atom. The van der Waals surface area contributed by atoms with Gasteiger partial charge in [-0.3, -0.25) is 4.98 Å². The van der Waals surface area contributed by atoms with E-state index in [0.29, 0.717) is 0 Å². The normalized spacial score (nSPS) is 12.6. The van der Waals surface area contributed by atoms with Gasteiger partial charge in [0.2, 0.25) is 0 Å². The van der Waals surface area contributed by atoms with E-state index in [4.69, 9.17) is 4.98 Å². The molecule has 0 bridgehead atoms. The summed E-state index contributed by atoms with van der Waals surface area (Å²) in [5, 5.41) is 4.70. The highest BCUT2D eigenvalue weighted by atomic mass is 15.2. The largest absolute Gasteiger partial charge is 0.309 e. The van der Waals surface area contributed by atoms with Crippen molar-refractivity contribution in [1.82, 2.24) is 9.55 Å². The Labute approximate surface area is 402 Å². The molecule has 0 unspecified atom stereocenters. The van der Waals surface area contributed by atoms with Crippen LogP contribution in [0.15, 0.2) is 249 Å². The molecule has 69 heavy (non-hydrogen) atoms. The molecule has 2 aromatic heterocycles. The zero-order valence-electron chi connectivity index (χ0n) is 38.5. The number of aromatic nitrogens is 2. The molecule has 0 atom stereocenters. The lowest BCUT2D eigenvalue weighted by Crippen LogP contribution is -2.15. The molecule has 12 aromatic rings. The highest BCUT2D eigenvalue weighted by Gasteiger charge is 2.36. The summed E-state index contributed by atoms with van der Waals surface area (Å²) in [5.74, 6) is 0. The Morgan fingerprint density at radius 3 is 1.75 bits per heavy atom. The van der Waals surface area contributed by atoms with E-state index in [9.17, 15) is 0 Å². The summed E-state index contributed by atoms with van der Waals surface area (Å²) in [6, 6.07) is 86.6. The van der Waals surface area contributed by atoms with Crippen LogP contribution in [-0.4, -0.2) is 9.55 Å². The van der Waals surface area contributed by atoms with Gasteiger partial charge in [-0.25, -0.2) is 0 Å². The first kappa shape index (κ1) is 40.5. The highest BCUT2D eigenvalue weighted by molar-refractivity contribution is 6.10. The summed E-state index contributed by atoms with van der Waals surface area (Å²) in [6.45, 7) is 4.68. The Kier molecular flexibility index (Phi) is 9.52. The van der Waals surface area contributed by atoms with Gasteiger partial charge in [0.15, 0.2) is 0 Å². The molecular formula is C66H47N3. The molecule has 1 aliphatic carbocycles.